The van der Waals surface area contributed by atoms with E-state index >= 15 is 0 Å². The molecule has 1 aromatic heterocycles. The molecule has 0 saturated heterocycles. The number of ketones is 1. The van der Waals surface area contributed by atoms with Crippen LogP contribution in [0.4, 0.5) is 5.69 Å². The van der Waals surface area contributed by atoms with E-state index in [0.29, 0.717) is 31.3 Å². The number of hydrogen-bond donors (Lipinski definition) is 2. The molecule has 7 nitrogen and oxygen atoms in total. The van der Waals surface area contributed by atoms with E-state index < -0.39 is 0 Å². The first-order chi connectivity index (χ1) is 13.8. The molecule has 0 aliphatic heterocycles. The minimum Gasteiger partial charge on any atom is -0.355 e. The predicted molar refractivity (Wildman–Crippen MR) is 119 cm³/mol. The van der Waals surface area contributed by atoms with E-state index in [1.165, 1.54) is 4.80 Å². The molecular formula is C17H12Cl4N6OS. The maximum atomic E-state index is 12.2. The van der Waals surface area contributed by atoms with Gasteiger partial charge in [0.05, 0.1) is 26.6 Å². The number of rotatable bonds is 6. The zero-order chi connectivity index (χ0) is 21.0. The first kappa shape index (κ1) is 21.7. The van der Waals surface area contributed by atoms with Crippen molar-refractivity contribution in [3.63, 3.8) is 0 Å². The number of halogens is 4. The number of anilines is 1. The van der Waals surface area contributed by atoms with Gasteiger partial charge < -0.3 is 10.6 Å². The third kappa shape index (κ3) is 5.77. The molecule has 0 spiro atoms. The number of aromatic nitrogens is 4. The fraction of sp³-hybridized carbons (Fsp3) is 0.118. The Morgan fingerprint density at radius 1 is 1.07 bits per heavy atom. The minimum absolute atomic E-state index is 0.0258. The van der Waals surface area contributed by atoms with Crippen molar-refractivity contribution >= 4 is 75.2 Å². The number of nitrogens with one attached hydrogen (secondary N) is 2. The highest BCUT2D eigenvalue weighted by molar-refractivity contribution is 7.80. The van der Waals surface area contributed by atoms with Gasteiger partial charge in [-0.2, -0.15) is 4.80 Å². The lowest BCUT2D eigenvalue weighted by Gasteiger charge is -2.10. The maximum absolute atomic E-state index is 12.2. The van der Waals surface area contributed by atoms with Crippen LogP contribution in [0.15, 0.2) is 36.4 Å². The van der Waals surface area contributed by atoms with E-state index in [9.17, 15) is 4.79 Å². The fourth-order valence-corrected chi connectivity index (χ4v) is 3.11. The number of hydrogen-bond acceptors (Lipinski definition) is 5. The largest absolute Gasteiger partial charge is 0.355 e. The second kappa shape index (κ2) is 9.69. The number of tetrazole rings is 1. The summed E-state index contributed by atoms with van der Waals surface area (Å²) in [6.45, 7) is -0.116. The van der Waals surface area contributed by atoms with Crippen molar-refractivity contribution in [1.29, 1.82) is 0 Å². The lowest BCUT2D eigenvalue weighted by Crippen LogP contribution is -2.34. The van der Waals surface area contributed by atoms with E-state index in [2.05, 4.69) is 26.0 Å². The topological polar surface area (TPSA) is 84.7 Å². The Kier molecular flexibility index (Phi) is 7.26. The van der Waals surface area contributed by atoms with E-state index in [0.717, 1.165) is 0 Å². The Balaban J connectivity index is 1.53. The summed E-state index contributed by atoms with van der Waals surface area (Å²) in [5.41, 5.74) is 1.17. The molecule has 3 aromatic rings. The summed E-state index contributed by atoms with van der Waals surface area (Å²) in [4.78, 5) is 13.3. The molecular weight excluding hydrogens is 478 g/mol. The number of benzene rings is 2. The van der Waals surface area contributed by atoms with E-state index in [1.807, 2.05) is 0 Å². The van der Waals surface area contributed by atoms with Gasteiger partial charge in [-0.3, -0.25) is 4.79 Å². The lowest BCUT2D eigenvalue weighted by atomic mass is 10.2. The summed E-state index contributed by atoms with van der Waals surface area (Å²) in [6.07, 6.45) is 0. The van der Waals surface area contributed by atoms with Gasteiger partial charge in [0.25, 0.3) is 0 Å². The zero-order valence-corrected chi connectivity index (χ0v) is 18.3. The first-order valence-corrected chi connectivity index (χ1v) is 9.99. The highest BCUT2D eigenvalue weighted by atomic mass is 35.5. The summed E-state index contributed by atoms with van der Waals surface area (Å²) in [7, 11) is 0. The smallest absolute Gasteiger partial charge is 0.206 e. The monoisotopic (exact) mass is 488 g/mol. The number of thiocarbonyl (C=S) groups is 1. The summed E-state index contributed by atoms with van der Waals surface area (Å²) in [5, 5.41) is 19.4. The molecule has 12 heteroatoms. The molecule has 1 heterocycles. The first-order valence-electron chi connectivity index (χ1n) is 8.07. The van der Waals surface area contributed by atoms with Crippen LogP contribution < -0.4 is 10.6 Å². The van der Waals surface area contributed by atoms with Crippen molar-refractivity contribution in [3.05, 3.63) is 56.5 Å². The van der Waals surface area contributed by atoms with Crippen molar-refractivity contribution in [3.8, 4) is 11.4 Å². The van der Waals surface area contributed by atoms with Crippen molar-refractivity contribution in [2.75, 3.05) is 11.9 Å². The van der Waals surface area contributed by atoms with Crippen LogP contribution in [0.1, 0.15) is 0 Å². The lowest BCUT2D eigenvalue weighted by molar-refractivity contribution is -0.118. The Bertz CT molecular complexity index is 1070. The highest BCUT2D eigenvalue weighted by Crippen LogP contribution is 2.31. The molecule has 150 valence electrons. The number of carbonyl (C=O) groups excluding carboxylic acids is 1. The summed E-state index contributed by atoms with van der Waals surface area (Å²) < 4.78 is 0. The average Bonchev–Trinajstić information content (AvgIpc) is 3.13. The minimum atomic E-state index is -0.204. The SMILES string of the molecule is O=C(CNC(=S)Nc1ccc(Cl)c(Cl)c1)Cn1nnc(-c2cccc(Cl)c2Cl)n1. The van der Waals surface area contributed by atoms with Gasteiger partial charge in [0.1, 0.15) is 6.54 Å². The molecule has 3 rings (SSSR count). The highest BCUT2D eigenvalue weighted by Gasteiger charge is 2.14. The van der Waals surface area contributed by atoms with Gasteiger partial charge >= 0.3 is 0 Å². The normalized spacial score (nSPS) is 10.6. The van der Waals surface area contributed by atoms with Gasteiger partial charge in [0.2, 0.25) is 5.82 Å². The summed E-state index contributed by atoms with van der Waals surface area (Å²) >= 11 is 29.1. The van der Waals surface area contributed by atoms with Crippen molar-refractivity contribution in [1.82, 2.24) is 25.5 Å². The van der Waals surface area contributed by atoms with Gasteiger partial charge in [0.15, 0.2) is 10.9 Å². The number of nitrogens with zero attached hydrogens (tertiary/aromatic N) is 4. The molecule has 0 bridgehead atoms. The standard InChI is InChI=1S/C17H12Cl4N6OS/c18-12-5-4-9(6-14(12)20)23-17(29)22-7-10(28)8-27-25-16(24-26-27)11-2-1-3-13(19)15(11)21/h1-6H,7-8H2,(H2,22,23,29). The van der Waals surface area contributed by atoms with Crippen molar-refractivity contribution in [2.24, 2.45) is 0 Å². The summed E-state index contributed by atoms with van der Waals surface area (Å²) in [5.74, 6) is 0.0690. The number of carbonyl (C=O) groups is 1. The second-order valence-electron chi connectivity index (χ2n) is 5.72. The Morgan fingerprint density at radius 3 is 2.62 bits per heavy atom. The van der Waals surface area contributed by atoms with Crippen LogP contribution >= 0.6 is 58.6 Å². The van der Waals surface area contributed by atoms with Crippen LogP contribution in [0.25, 0.3) is 11.4 Å². The van der Waals surface area contributed by atoms with Crippen molar-refractivity contribution < 1.29 is 4.79 Å². The molecule has 0 saturated carbocycles. The molecule has 2 aromatic carbocycles. The maximum Gasteiger partial charge on any atom is 0.206 e. The molecule has 0 radical (unpaired) electrons. The van der Waals surface area contributed by atoms with E-state index in [-0.39, 0.29) is 29.8 Å². The third-order valence-electron chi connectivity index (χ3n) is 3.59. The van der Waals surface area contributed by atoms with Gasteiger partial charge in [-0.1, -0.05) is 52.5 Å². The van der Waals surface area contributed by atoms with Crippen LogP contribution in [-0.2, 0) is 11.3 Å². The molecule has 0 unspecified atom stereocenters. The number of Topliss-reactive ketones (excluding diaryl/α,β-unsaturated/α-hetero) is 1. The molecule has 0 aliphatic carbocycles. The second-order valence-corrected chi connectivity index (χ2v) is 7.73. The van der Waals surface area contributed by atoms with Crippen LogP contribution in [-0.4, -0.2) is 37.6 Å². The van der Waals surface area contributed by atoms with Crippen LogP contribution in [0.3, 0.4) is 0 Å². The average molecular weight is 490 g/mol. The fourth-order valence-electron chi connectivity index (χ4n) is 2.24. The van der Waals surface area contributed by atoms with Crippen LogP contribution in [0.2, 0.25) is 20.1 Å². The molecule has 0 atom stereocenters. The quantitative estimate of drug-likeness (QED) is 0.492. The van der Waals surface area contributed by atoms with Gasteiger partial charge in [-0.15, -0.1) is 10.2 Å². The Labute approximate surface area is 191 Å². The van der Waals surface area contributed by atoms with Crippen LogP contribution in [0.5, 0.6) is 0 Å². The van der Waals surface area contributed by atoms with Crippen molar-refractivity contribution in [2.45, 2.75) is 6.54 Å². The predicted octanol–water partition coefficient (Wildman–Crippen LogP) is 4.51. The molecule has 0 fully saturated rings. The van der Waals surface area contributed by atoms with Crippen LogP contribution in [0, 0.1) is 0 Å². The Morgan fingerprint density at radius 2 is 1.86 bits per heavy atom. The Hall–Kier alpha value is -1.97. The summed E-state index contributed by atoms with van der Waals surface area (Å²) in [6, 6.07) is 10.1. The molecule has 29 heavy (non-hydrogen) atoms. The van der Waals surface area contributed by atoms with Gasteiger partial charge in [-0.25, -0.2) is 0 Å². The molecule has 0 amide bonds. The molecule has 0 aliphatic rings. The molecule has 2 N–H and O–H groups in total. The zero-order valence-electron chi connectivity index (χ0n) is 14.5. The van der Waals surface area contributed by atoms with Gasteiger partial charge in [0, 0.05) is 11.3 Å². The van der Waals surface area contributed by atoms with E-state index in [1.54, 1.807) is 36.4 Å². The van der Waals surface area contributed by atoms with E-state index in [4.69, 9.17) is 58.6 Å². The third-order valence-corrected chi connectivity index (χ3v) is 5.39. The van der Waals surface area contributed by atoms with Gasteiger partial charge in [-0.05, 0) is 47.8 Å².